The van der Waals surface area contributed by atoms with Gasteiger partial charge >= 0.3 is 0 Å². The molecule has 1 fully saturated rings. The average molecular weight is 404 g/mol. The summed E-state index contributed by atoms with van der Waals surface area (Å²) in [7, 11) is 0. The van der Waals surface area contributed by atoms with Crippen LogP contribution in [0.1, 0.15) is 63.2 Å². The van der Waals surface area contributed by atoms with Crippen molar-refractivity contribution in [2.75, 3.05) is 0 Å². The molecule has 0 aliphatic heterocycles. The van der Waals surface area contributed by atoms with Crippen molar-refractivity contribution in [2.45, 2.75) is 59.0 Å². The highest BCUT2D eigenvalue weighted by Gasteiger charge is 2.19. The lowest BCUT2D eigenvalue weighted by atomic mass is 9.89. The Morgan fingerprint density at radius 3 is 2.14 bits per heavy atom. The van der Waals surface area contributed by atoms with Crippen LogP contribution in [0.4, 0.5) is 0 Å². The fraction of sp³-hybridized carbons (Fsp3) is 0.588. The van der Waals surface area contributed by atoms with Crippen LogP contribution in [-0.4, -0.2) is 9.89 Å². The molecule has 1 aliphatic carbocycles. The van der Waals surface area contributed by atoms with E-state index in [9.17, 15) is 4.79 Å². The Morgan fingerprint density at radius 2 is 1.67 bits per heavy atom. The number of carbonyl (C=O) groups is 1. The first-order valence-electron chi connectivity index (χ1n) is 7.70. The maximum Gasteiger partial charge on any atom is 0.222 e. The van der Waals surface area contributed by atoms with Crippen molar-refractivity contribution in [2.24, 2.45) is 5.92 Å². The smallest absolute Gasteiger partial charge is 0.222 e. The van der Waals surface area contributed by atoms with Crippen LogP contribution in [0, 0.1) is 5.92 Å². The van der Waals surface area contributed by atoms with Crippen LogP contribution in [0.25, 0.3) is 0 Å². The molecule has 0 unspecified atom stereocenters. The van der Waals surface area contributed by atoms with E-state index in [1.165, 1.54) is 19.3 Å². The molecular formula is C17H25IO3. The van der Waals surface area contributed by atoms with E-state index < -0.39 is 0 Å². The van der Waals surface area contributed by atoms with Gasteiger partial charge in [-0.3, -0.25) is 4.79 Å². The van der Waals surface area contributed by atoms with Crippen molar-refractivity contribution in [1.82, 2.24) is 0 Å². The van der Waals surface area contributed by atoms with Gasteiger partial charge in [-0.05, 0) is 55.9 Å². The topological polar surface area (TPSA) is 35.5 Å². The van der Waals surface area contributed by atoms with Crippen LogP contribution >= 0.6 is 22.6 Å². The SMILES string of the molecule is CC1CCC(OOc2ccc(C(=O)I)cc2)CC1.CCC. The van der Waals surface area contributed by atoms with Gasteiger partial charge in [0.1, 0.15) is 6.10 Å². The van der Waals surface area contributed by atoms with E-state index >= 15 is 0 Å². The van der Waals surface area contributed by atoms with E-state index in [1.54, 1.807) is 46.9 Å². The standard InChI is InChI=1S/C14H17IO3.C3H8/c1-10-2-6-12(7-3-10)17-18-13-8-4-11(5-9-13)14(15)16;1-3-2/h4-5,8-10,12H,2-3,6-7H2,1H3;3H2,1-2H3. The molecule has 1 aromatic rings. The summed E-state index contributed by atoms with van der Waals surface area (Å²) in [6.07, 6.45) is 5.98. The molecule has 0 radical (unpaired) electrons. The summed E-state index contributed by atoms with van der Waals surface area (Å²) in [4.78, 5) is 21.8. The second-order valence-electron chi connectivity index (χ2n) is 5.57. The van der Waals surface area contributed by atoms with Gasteiger partial charge in [-0.2, -0.15) is 4.89 Å². The number of carbonyl (C=O) groups excluding carboxylic acids is 1. The summed E-state index contributed by atoms with van der Waals surface area (Å²) in [6.45, 7) is 6.52. The van der Waals surface area contributed by atoms with Crippen LogP contribution < -0.4 is 4.89 Å². The minimum absolute atomic E-state index is 0.0290. The highest BCUT2D eigenvalue weighted by Crippen LogP contribution is 2.26. The lowest BCUT2D eigenvalue weighted by molar-refractivity contribution is -0.252. The van der Waals surface area contributed by atoms with Crippen LogP contribution in [0.3, 0.4) is 0 Å². The van der Waals surface area contributed by atoms with Crippen LogP contribution in [0.2, 0.25) is 0 Å². The molecular weight excluding hydrogens is 379 g/mol. The number of hydrogen-bond acceptors (Lipinski definition) is 3. The Labute approximate surface area is 141 Å². The molecule has 0 aromatic heterocycles. The zero-order valence-electron chi connectivity index (χ0n) is 13.1. The van der Waals surface area contributed by atoms with Crippen LogP contribution in [0.15, 0.2) is 24.3 Å². The van der Waals surface area contributed by atoms with E-state index in [1.807, 2.05) is 0 Å². The Morgan fingerprint density at radius 1 is 1.14 bits per heavy atom. The van der Waals surface area contributed by atoms with Gasteiger partial charge < -0.3 is 4.89 Å². The third-order valence-electron chi connectivity index (χ3n) is 3.32. The van der Waals surface area contributed by atoms with Crippen LogP contribution in [-0.2, 0) is 4.89 Å². The van der Waals surface area contributed by atoms with Gasteiger partial charge in [-0.25, -0.2) is 0 Å². The molecule has 1 aromatic carbocycles. The van der Waals surface area contributed by atoms with Crippen LogP contribution in [0.5, 0.6) is 5.75 Å². The van der Waals surface area contributed by atoms with Crippen molar-refractivity contribution in [3.05, 3.63) is 29.8 Å². The fourth-order valence-corrected chi connectivity index (χ4v) is 2.45. The predicted molar refractivity (Wildman–Crippen MR) is 93.9 cm³/mol. The molecule has 3 nitrogen and oxygen atoms in total. The van der Waals surface area contributed by atoms with Gasteiger partial charge in [0.05, 0.1) is 0 Å². The number of benzene rings is 1. The molecule has 0 saturated heterocycles. The number of halogens is 1. The fourth-order valence-electron chi connectivity index (χ4n) is 2.09. The number of hydrogen-bond donors (Lipinski definition) is 0. The second kappa shape index (κ2) is 10.2. The summed E-state index contributed by atoms with van der Waals surface area (Å²) < 4.78 is 0.0290. The minimum atomic E-state index is 0.0290. The monoisotopic (exact) mass is 404 g/mol. The molecule has 2 rings (SSSR count). The van der Waals surface area contributed by atoms with Crippen molar-refractivity contribution in [3.8, 4) is 5.75 Å². The maximum absolute atomic E-state index is 11.1. The molecule has 0 spiro atoms. The Hall–Kier alpha value is -0.620. The molecule has 21 heavy (non-hydrogen) atoms. The zero-order chi connectivity index (χ0) is 15.7. The molecule has 0 N–H and O–H groups in total. The third-order valence-corrected chi connectivity index (χ3v) is 3.95. The van der Waals surface area contributed by atoms with Gasteiger partial charge in [-0.15, -0.1) is 0 Å². The molecule has 4 heteroatoms. The van der Waals surface area contributed by atoms with Gasteiger partial charge in [0.2, 0.25) is 3.79 Å². The highest BCUT2D eigenvalue weighted by atomic mass is 127. The largest absolute Gasteiger partial charge is 0.337 e. The molecule has 1 aliphatic rings. The van der Waals surface area contributed by atoms with Gasteiger partial charge in [0.25, 0.3) is 0 Å². The van der Waals surface area contributed by atoms with Gasteiger partial charge in [0.15, 0.2) is 5.75 Å². The molecule has 0 atom stereocenters. The summed E-state index contributed by atoms with van der Waals surface area (Å²) in [5.41, 5.74) is 0.675. The molecule has 1 saturated carbocycles. The van der Waals surface area contributed by atoms with E-state index in [0.717, 1.165) is 18.8 Å². The first kappa shape index (κ1) is 18.4. The van der Waals surface area contributed by atoms with Crippen molar-refractivity contribution >= 4 is 26.4 Å². The first-order chi connectivity index (χ1) is 10.1. The second-order valence-corrected chi connectivity index (χ2v) is 6.55. The molecule has 0 bridgehead atoms. The normalized spacial score (nSPS) is 21.1. The Bertz CT molecular complexity index is 409. The summed E-state index contributed by atoms with van der Waals surface area (Å²) in [5.74, 6) is 1.45. The first-order valence-corrected chi connectivity index (χ1v) is 8.77. The third kappa shape index (κ3) is 7.27. The minimum Gasteiger partial charge on any atom is -0.337 e. The van der Waals surface area contributed by atoms with Crippen molar-refractivity contribution in [1.29, 1.82) is 0 Å². The summed E-state index contributed by atoms with van der Waals surface area (Å²) in [5, 5.41) is 0. The Balaban J connectivity index is 0.000000677. The van der Waals surface area contributed by atoms with E-state index in [0.29, 0.717) is 11.3 Å². The lowest BCUT2D eigenvalue weighted by Gasteiger charge is -2.24. The molecule has 0 amide bonds. The van der Waals surface area contributed by atoms with Crippen molar-refractivity contribution < 1.29 is 14.6 Å². The van der Waals surface area contributed by atoms with Crippen molar-refractivity contribution in [3.63, 3.8) is 0 Å². The highest BCUT2D eigenvalue weighted by molar-refractivity contribution is 14.1. The van der Waals surface area contributed by atoms with Gasteiger partial charge in [-0.1, -0.05) is 27.2 Å². The predicted octanol–water partition coefficient (Wildman–Crippen LogP) is 5.57. The quantitative estimate of drug-likeness (QED) is 0.285. The molecule has 118 valence electrons. The van der Waals surface area contributed by atoms with E-state index in [-0.39, 0.29) is 9.89 Å². The molecule has 0 heterocycles. The van der Waals surface area contributed by atoms with E-state index in [4.69, 9.17) is 9.78 Å². The number of rotatable bonds is 4. The maximum atomic E-state index is 11.1. The average Bonchev–Trinajstić information content (AvgIpc) is 2.48. The van der Waals surface area contributed by atoms with E-state index in [2.05, 4.69) is 20.8 Å². The Kier molecular flexibility index (Phi) is 8.92. The zero-order valence-corrected chi connectivity index (χ0v) is 15.3. The summed E-state index contributed by atoms with van der Waals surface area (Å²) >= 11 is 1.77. The lowest BCUT2D eigenvalue weighted by Crippen LogP contribution is -2.21. The van der Waals surface area contributed by atoms with Gasteiger partial charge in [0, 0.05) is 28.2 Å². The summed E-state index contributed by atoms with van der Waals surface area (Å²) in [6, 6.07) is 7.02.